The Labute approximate surface area is 242 Å². The molecule has 41 heavy (non-hydrogen) atoms. The van der Waals surface area contributed by atoms with Crippen molar-refractivity contribution in [2.75, 3.05) is 44.1 Å². The fourth-order valence-electron chi connectivity index (χ4n) is 4.85. The smallest absolute Gasteiger partial charge is 0.280 e. The van der Waals surface area contributed by atoms with Gasteiger partial charge in [0.15, 0.2) is 5.01 Å². The average Bonchev–Trinajstić information content (AvgIpc) is 3.91. The molecule has 2 N–H and O–H groups in total. The number of hydrogen-bond acceptors (Lipinski definition) is 12. The third kappa shape index (κ3) is 6.97. The van der Waals surface area contributed by atoms with Crippen molar-refractivity contribution >= 4 is 33.1 Å². The summed E-state index contributed by atoms with van der Waals surface area (Å²) < 4.78 is 33.0. The molecule has 1 saturated heterocycles. The Kier molecular flexibility index (Phi) is 8.10. The van der Waals surface area contributed by atoms with Crippen molar-refractivity contribution in [1.29, 1.82) is 0 Å². The first-order valence-electron chi connectivity index (χ1n) is 13.9. The summed E-state index contributed by atoms with van der Waals surface area (Å²) in [6.45, 7) is 6.60. The fourth-order valence-corrected chi connectivity index (χ4v) is 6.95. The molecule has 218 valence electrons. The van der Waals surface area contributed by atoms with Gasteiger partial charge in [0, 0.05) is 51.0 Å². The first-order chi connectivity index (χ1) is 19.9. The van der Waals surface area contributed by atoms with E-state index in [9.17, 15) is 13.2 Å². The number of nitrogens with zero attached hydrogens (tertiary/aromatic N) is 7. The second-order valence-electron chi connectivity index (χ2n) is 10.5. The van der Waals surface area contributed by atoms with E-state index >= 15 is 0 Å². The Hall–Kier alpha value is -3.27. The molecule has 13 nitrogen and oxygen atoms in total. The van der Waals surface area contributed by atoms with E-state index in [4.69, 9.17) is 4.74 Å². The van der Waals surface area contributed by atoms with E-state index in [1.165, 1.54) is 36.7 Å². The number of hydrogen-bond donors (Lipinski definition) is 2. The monoisotopic (exact) mass is 599 g/mol. The molecule has 3 aromatic heterocycles. The normalized spacial score (nSPS) is 19.0. The summed E-state index contributed by atoms with van der Waals surface area (Å²) in [6.07, 6.45) is 9.92. The van der Waals surface area contributed by atoms with Crippen molar-refractivity contribution in [3.05, 3.63) is 41.7 Å². The van der Waals surface area contributed by atoms with E-state index in [0.29, 0.717) is 48.1 Å². The molecular weight excluding hydrogens is 566 g/mol. The molecule has 1 atom stereocenters. The molecule has 2 saturated carbocycles. The molecule has 1 aliphatic heterocycles. The largest absolute Gasteiger partial charge is 0.477 e. The van der Waals surface area contributed by atoms with Crippen molar-refractivity contribution in [1.82, 2.24) is 40.0 Å². The highest BCUT2D eigenvalue weighted by atomic mass is 32.2. The topological polar surface area (TPSA) is 155 Å². The van der Waals surface area contributed by atoms with E-state index in [1.807, 2.05) is 6.92 Å². The minimum atomic E-state index is -3.49. The quantitative estimate of drug-likeness (QED) is 0.314. The Balaban J connectivity index is 1.19. The number of carbonyl (C=O) groups excluding carboxylic acids is 1. The van der Waals surface area contributed by atoms with Gasteiger partial charge in [-0.25, -0.2) is 28.4 Å². The average molecular weight is 600 g/mol. The number of nitrogens with one attached hydrogen (secondary N) is 2. The van der Waals surface area contributed by atoms with Gasteiger partial charge in [-0.2, -0.15) is 0 Å². The second-order valence-corrected chi connectivity index (χ2v) is 13.5. The molecule has 0 radical (unpaired) electrons. The van der Waals surface area contributed by atoms with Gasteiger partial charge in [0.1, 0.15) is 17.8 Å². The number of carbonyl (C=O) groups is 1. The standard InChI is InChI=1S/C26H33N9O4S2/c1-2-39-24-14-27-12-20(31-24)22-13-28-26(40-22)25(36)32-21(15-34-7-9-35(10-8-34)17-3-4-17)19-11-23(30-16-29-19)33-41(37,38)18-5-6-18/h11-14,16-18,21H,2-10,15H2,1H3,(H,32,36)(H,29,30,33)/t21-/m1/s1. The third-order valence-corrected chi connectivity index (χ3v) is 10.2. The molecular formula is C26H33N9O4S2. The highest BCUT2D eigenvalue weighted by Crippen LogP contribution is 2.31. The van der Waals surface area contributed by atoms with Crippen LogP contribution in [0.25, 0.3) is 10.6 Å². The molecule has 3 fully saturated rings. The number of anilines is 1. The zero-order chi connectivity index (χ0) is 28.4. The molecule has 0 aromatic carbocycles. The molecule has 1 amide bonds. The van der Waals surface area contributed by atoms with E-state index < -0.39 is 16.1 Å². The van der Waals surface area contributed by atoms with Gasteiger partial charge in [0.2, 0.25) is 15.9 Å². The summed E-state index contributed by atoms with van der Waals surface area (Å²) in [6, 6.07) is 1.82. The summed E-state index contributed by atoms with van der Waals surface area (Å²) in [5.74, 6) is 0.252. The molecule has 2 aliphatic carbocycles. The summed E-state index contributed by atoms with van der Waals surface area (Å²) in [4.78, 5) is 40.5. The van der Waals surface area contributed by atoms with Gasteiger partial charge in [-0.15, -0.1) is 11.3 Å². The predicted molar refractivity (Wildman–Crippen MR) is 153 cm³/mol. The number of piperazine rings is 1. The second kappa shape index (κ2) is 11.9. The lowest BCUT2D eigenvalue weighted by Crippen LogP contribution is -2.49. The minimum absolute atomic E-state index is 0.198. The van der Waals surface area contributed by atoms with E-state index in [0.717, 1.165) is 32.2 Å². The van der Waals surface area contributed by atoms with Gasteiger partial charge >= 0.3 is 0 Å². The van der Waals surface area contributed by atoms with E-state index in [-0.39, 0.29) is 22.0 Å². The molecule has 3 aliphatic rings. The zero-order valence-corrected chi connectivity index (χ0v) is 24.4. The minimum Gasteiger partial charge on any atom is -0.477 e. The van der Waals surface area contributed by atoms with Gasteiger partial charge in [-0.1, -0.05) is 0 Å². The van der Waals surface area contributed by atoms with Gasteiger partial charge in [-0.3, -0.25) is 24.3 Å². The van der Waals surface area contributed by atoms with Crippen LogP contribution in [-0.4, -0.2) is 99.7 Å². The van der Waals surface area contributed by atoms with Crippen LogP contribution < -0.4 is 14.8 Å². The van der Waals surface area contributed by atoms with Crippen LogP contribution in [0.3, 0.4) is 0 Å². The number of aromatic nitrogens is 5. The van der Waals surface area contributed by atoms with Gasteiger partial charge in [0.05, 0.1) is 40.9 Å². The highest BCUT2D eigenvalue weighted by molar-refractivity contribution is 7.93. The molecule has 4 heterocycles. The summed E-state index contributed by atoms with van der Waals surface area (Å²) in [7, 11) is -3.49. The highest BCUT2D eigenvalue weighted by Gasteiger charge is 2.36. The Morgan fingerprint density at radius 1 is 1.10 bits per heavy atom. The molecule has 15 heteroatoms. The van der Waals surface area contributed by atoms with Crippen LogP contribution in [0.15, 0.2) is 31.0 Å². The maximum absolute atomic E-state index is 13.4. The first-order valence-corrected chi connectivity index (χ1v) is 16.3. The molecule has 0 spiro atoms. The lowest BCUT2D eigenvalue weighted by molar-refractivity contribution is 0.0889. The van der Waals surface area contributed by atoms with Gasteiger partial charge in [0.25, 0.3) is 5.91 Å². The van der Waals surface area contributed by atoms with Crippen molar-refractivity contribution in [2.45, 2.75) is 49.9 Å². The zero-order valence-electron chi connectivity index (χ0n) is 22.8. The Morgan fingerprint density at radius 2 is 1.90 bits per heavy atom. The molecule has 0 bridgehead atoms. The molecule has 6 rings (SSSR count). The maximum atomic E-state index is 13.4. The van der Waals surface area contributed by atoms with Gasteiger partial charge in [-0.05, 0) is 32.6 Å². The Bertz CT molecular complexity index is 1490. The maximum Gasteiger partial charge on any atom is 0.280 e. The molecule has 3 aromatic rings. The van der Waals surface area contributed by atoms with Crippen LogP contribution in [0.1, 0.15) is 54.1 Å². The third-order valence-electron chi connectivity index (χ3n) is 7.33. The van der Waals surface area contributed by atoms with Crippen LogP contribution in [0.5, 0.6) is 5.88 Å². The number of amides is 1. The van der Waals surface area contributed by atoms with Crippen molar-refractivity contribution in [3.63, 3.8) is 0 Å². The number of ether oxygens (including phenoxy) is 1. The molecule has 0 unspecified atom stereocenters. The van der Waals surface area contributed by atoms with Crippen LogP contribution >= 0.6 is 11.3 Å². The van der Waals surface area contributed by atoms with Crippen LogP contribution in [0, 0.1) is 0 Å². The van der Waals surface area contributed by atoms with Crippen LogP contribution in [0.2, 0.25) is 0 Å². The Morgan fingerprint density at radius 3 is 2.63 bits per heavy atom. The summed E-state index contributed by atoms with van der Waals surface area (Å²) in [5, 5.41) is 2.99. The van der Waals surface area contributed by atoms with Crippen molar-refractivity contribution < 1.29 is 17.9 Å². The number of rotatable bonds is 12. The van der Waals surface area contributed by atoms with E-state index in [1.54, 1.807) is 18.5 Å². The predicted octanol–water partition coefficient (Wildman–Crippen LogP) is 1.94. The van der Waals surface area contributed by atoms with Gasteiger partial charge < -0.3 is 10.1 Å². The number of sulfonamides is 1. The van der Waals surface area contributed by atoms with Crippen molar-refractivity contribution in [3.8, 4) is 16.5 Å². The van der Waals surface area contributed by atoms with E-state index in [2.05, 4.69) is 44.8 Å². The van der Waals surface area contributed by atoms with Crippen LogP contribution in [-0.2, 0) is 10.0 Å². The fraction of sp³-hybridized carbons (Fsp3) is 0.538. The lowest BCUT2D eigenvalue weighted by atomic mass is 10.1. The lowest BCUT2D eigenvalue weighted by Gasteiger charge is -2.36. The first kappa shape index (κ1) is 27.9. The van der Waals surface area contributed by atoms with Crippen molar-refractivity contribution in [2.24, 2.45) is 0 Å². The summed E-state index contributed by atoms with van der Waals surface area (Å²) >= 11 is 1.21. The number of thiazole rings is 1. The summed E-state index contributed by atoms with van der Waals surface area (Å²) in [5.41, 5.74) is 1.10. The SMILES string of the molecule is CCOc1cncc(-c2cnc(C(=O)N[C@H](CN3CCN(C4CC4)CC3)c3cc(NS(=O)(=O)C4CC4)ncn3)s2)n1. The van der Waals surface area contributed by atoms with Crippen LogP contribution in [0.4, 0.5) is 5.82 Å².